The van der Waals surface area contributed by atoms with Crippen LogP contribution in [0.1, 0.15) is 39.0 Å². The molecule has 5 unspecified atom stereocenters. The van der Waals surface area contributed by atoms with E-state index in [-0.39, 0.29) is 31.0 Å². The van der Waals surface area contributed by atoms with E-state index in [4.69, 9.17) is 0 Å². The third-order valence-electron chi connectivity index (χ3n) is 6.83. The van der Waals surface area contributed by atoms with Gasteiger partial charge in [-0.3, -0.25) is 0 Å². The Morgan fingerprint density at radius 1 is 0.960 bits per heavy atom. The summed E-state index contributed by atoms with van der Waals surface area (Å²) in [5, 5.41) is 0. The van der Waals surface area contributed by atoms with E-state index in [0.29, 0.717) is 0 Å². The molecule has 0 amide bonds. The van der Waals surface area contributed by atoms with Gasteiger partial charge in [0.05, 0.1) is 0 Å². The fourth-order valence-corrected chi connectivity index (χ4v) is 20.5. The molecule has 0 aromatic heterocycles. The molecule has 2 saturated carbocycles. The maximum atomic E-state index is 2.64. The zero-order valence-electron chi connectivity index (χ0n) is 15.6. The molecule has 4 aliphatic carbocycles. The van der Waals surface area contributed by atoms with Crippen molar-refractivity contribution in [3.05, 3.63) is 45.9 Å². The molecule has 0 bridgehead atoms. The summed E-state index contributed by atoms with van der Waals surface area (Å²) >= 11 is -1.17. The minimum absolute atomic E-state index is 0. The van der Waals surface area contributed by atoms with Crippen molar-refractivity contribution < 1.29 is 41.4 Å². The Labute approximate surface area is 172 Å². The van der Waals surface area contributed by atoms with Crippen molar-refractivity contribution in [3.8, 4) is 0 Å². The Kier molecular flexibility index (Phi) is 7.93. The summed E-state index contributed by atoms with van der Waals surface area (Å²) in [5.74, 6) is 3.85. The third-order valence-corrected chi connectivity index (χ3v) is 19.8. The van der Waals surface area contributed by atoms with Crippen LogP contribution in [0.2, 0.25) is 17.3 Å². The molecule has 5 atom stereocenters. The average Bonchev–Trinajstić information content (AvgIpc) is 3.11. The molecule has 2 fully saturated rings. The van der Waals surface area contributed by atoms with Crippen LogP contribution in [-0.4, -0.2) is 6.19 Å². The Bertz CT molecular complexity index is 655. The quantitative estimate of drug-likeness (QED) is 0.545. The molecule has 25 heavy (non-hydrogen) atoms. The zero-order valence-corrected chi connectivity index (χ0v) is 19.7. The van der Waals surface area contributed by atoms with Crippen LogP contribution in [0.5, 0.6) is 0 Å². The number of halogens is 2. The van der Waals surface area contributed by atoms with Crippen molar-refractivity contribution in [2.75, 3.05) is 0 Å². The molecule has 0 aliphatic heterocycles. The van der Waals surface area contributed by atoms with Gasteiger partial charge < -0.3 is 24.8 Å². The van der Waals surface area contributed by atoms with Gasteiger partial charge in [0.1, 0.15) is 0 Å². The Morgan fingerprint density at radius 2 is 1.60 bits per heavy atom. The van der Waals surface area contributed by atoms with Crippen molar-refractivity contribution in [2.24, 2.45) is 23.7 Å². The van der Waals surface area contributed by atoms with E-state index in [1.54, 1.807) is 5.57 Å². The van der Waals surface area contributed by atoms with Crippen LogP contribution >= 0.6 is 0 Å². The normalized spacial score (nSPS) is 34.6. The smallest absolute Gasteiger partial charge is 1.00 e. The van der Waals surface area contributed by atoms with Crippen molar-refractivity contribution in [1.82, 2.24) is 0 Å². The minimum atomic E-state index is -1.17. The number of allylic oxidation sites excluding steroid dienone is 8. The van der Waals surface area contributed by atoms with Gasteiger partial charge in [0.2, 0.25) is 0 Å². The number of fused-ring (bicyclic) bond motifs is 3. The van der Waals surface area contributed by atoms with E-state index in [1.807, 2.05) is 3.88 Å². The molecule has 0 spiro atoms. The molecular formula is C21H30Cl2SiTi. The van der Waals surface area contributed by atoms with Gasteiger partial charge in [0.25, 0.3) is 0 Å². The van der Waals surface area contributed by atoms with Crippen LogP contribution in [0.3, 0.4) is 0 Å². The predicted octanol–water partition coefficient (Wildman–Crippen LogP) is 0.0645. The van der Waals surface area contributed by atoms with Crippen molar-refractivity contribution >= 4 is 6.19 Å². The fraction of sp³-hybridized carbons (Fsp3) is 0.619. The molecule has 136 valence electrons. The summed E-state index contributed by atoms with van der Waals surface area (Å²) in [6, 6.07) is 0. The van der Waals surface area contributed by atoms with Gasteiger partial charge >= 0.3 is 149 Å². The van der Waals surface area contributed by atoms with Crippen molar-refractivity contribution in [3.63, 3.8) is 0 Å². The first-order valence-electron chi connectivity index (χ1n) is 9.57. The van der Waals surface area contributed by atoms with E-state index in [9.17, 15) is 0 Å². The first-order valence-corrected chi connectivity index (χ1v) is 16.1. The summed E-state index contributed by atoms with van der Waals surface area (Å²) in [7, 11) is 0. The van der Waals surface area contributed by atoms with Gasteiger partial charge in [0.15, 0.2) is 0 Å². The van der Waals surface area contributed by atoms with Gasteiger partial charge in [0, 0.05) is 0 Å². The number of rotatable bonds is 2. The Hall–Kier alpha value is 0.471. The summed E-state index contributed by atoms with van der Waals surface area (Å²) in [6.07, 6.45) is 22.0. The molecule has 4 aliphatic rings. The van der Waals surface area contributed by atoms with Crippen LogP contribution in [0, 0.1) is 23.7 Å². The van der Waals surface area contributed by atoms with Crippen LogP contribution < -0.4 is 24.8 Å². The summed E-state index contributed by atoms with van der Waals surface area (Å²) in [6.45, 7) is 7.69. The zero-order chi connectivity index (χ0) is 16.0. The largest absolute Gasteiger partial charge is 1.00 e. The maximum absolute atomic E-state index is 2.64. The first kappa shape index (κ1) is 21.8. The van der Waals surface area contributed by atoms with Crippen LogP contribution in [0.25, 0.3) is 0 Å². The molecule has 0 saturated heterocycles. The maximum Gasteiger partial charge on any atom is -1.00 e. The van der Waals surface area contributed by atoms with E-state index in [2.05, 4.69) is 56.5 Å². The van der Waals surface area contributed by atoms with Crippen LogP contribution in [-0.2, 0) is 16.6 Å². The van der Waals surface area contributed by atoms with E-state index >= 15 is 0 Å². The number of hydrogen-bond donors (Lipinski definition) is 0. The van der Waals surface area contributed by atoms with Gasteiger partial charge in [-0.05, 0) is 0 Å². The molecular weight excluding hydrogens is 399 g/mol. The van der Waals surface area contributed by atoms with Crippen molar-refractivity contribution in [2.45, 2.75) is 56.3 Å². The molecule has 0 heterocycles. The van der Waals surface area contributed by atoms with Crippen molar-refractivity contribution in [1.29, 1.82) is 0 Å². The van der Waals surface area contributed by atoms with E-state index in [1.165, 1.54) is 32.1 Å². The summed E-state index contributed by atoms with van der Waals surface area (Å²) in [4.78, 5) is 0. The first-order chi connectivity index (χ1) is 11.2. The molecule has 0 radical (unpaired) electrons. The van der Waals surface area contributed by atoms with Crippen LogP contribution in [0.15, 0.2) is 45.9 Å². The molecule has 0 aromatic rings. The second-order valence-corrected chi connectivity index (χ2v) is 20.4. The van der Waals surface area contributed by atoms with E-state index < -0.39 is 16.6 Å². The van der Waals surface area contributed by atoms with Gasteiger partial charge in [-0.1, -0.05) is 0 Å². The number of hydrogen-bond acceptors (Lipinski definition) is 0. The average molecular weight is 429 g/mol. The monoisotopic (exact) mass is 428 g/mol. The summed E-state index contributed by atoms with van der Waals surface area (Å²) < 4.78 is 3.06. The van der Waals surface area contributed by atoms with Gasteiger partial charge in [-0.15, -0.1) is 0 Å². The Morgan fingerprint density at radius 3 is 2.20 bits per heavy atom. The Balaban J connectivity index is 0.00000113. The standard InChI is InChI=1S/C13H17.C6H7.C2H6Si.2ClH.Ti/c1-3-7-12-10(5-1)9-11-6-2-4-8-13(11)12;1-6-4-2-3-5-6;1-3-2;;;/h1,3,5,7,9-13H,2,4,6,8H2;2,4H,3H2,1H3;1-2H3;2*1H;/q;;;;;+2/p-2. The topological polar surface area (TPSA) is 0 Å². The fourth-order valence-electron chi connectivity index (χ4n) is 6.01. The second kappa shape index (κ2) is 9.11. The predicted molar refractivity (Wildman–Crippen MR) is 98.4 cm³/mol. The SMILES string of the molecule is CC1=[C]([Ti+2]([CH]2C3C=CC=CC3C3CCCCC32)=[Si](C)C)CC=C1.[Cl-].[Cl-]. The second-order valence-electron chi connectivity index (χ2n) is 8.24. The third kappa shape index (κ3) is 3.87. The molecule has 0 nitrogen and oxygen atoms in total. The molecule has 0 N–H and O–H groups in total. The van der Waals surface area contributed by atoms with Crippen LogP contribution in [0.4, 0.5) is 0 Å². The summed E-state index contributed by atoms with van der Waals surface area (Å²) in [5.41, 5.74) is 1.66. The minimum Gasteiger partial charge on any atom is -1.00 e. The molecule has 0 aromatic carbocycles. The molecule has 4 heteroatoms. The van der Waals surface area contributed by atoms with Gasteiger partial charge in [-0.25, -0.2) is 0 Å². The van der Waals surface area contributed by atoms with Gasteiger partial charge in [-0.2, -0.15) is 0 Å². The van der Waals surface area contributed by atoms with E-state index in [0.717, 1.165) is 27.9 Å². The molecule has 4 rings (SSSR count).